The Balaban J connectivity index is 1.93. The molecule has 0 amide bonds. The molecule has 0 fully saturated rings. The second-order valence-electron chi connectivity index (χ2n) is 6.94. The number of halogens is 1. The van der Waals surface area contributed by atoms with Crippen LogP contribution >= 0.6 is 0 Å². The van der Waals surface area contributed by atoms with Crippen LogP contribution in [-0.2, 0) is 17.8 Å². The van der Waals surface area contributed by atoms with Crippen LogP contribution in [0.15, 0.2) is 47.5 Å². The molecule has 7 heteroatoms. The van der Waals surface area contributed by atoms with Crippen molar-refractivity contribution in [2.75, 3.05) is 46.8 Å². The molecule has 2 rings (SSSR count). The van der Waals surface area contributed by atoms with Gasteiger partial charge in [0, 0.05) is 57.6 Å². The van der Waals surface area contributed by atoms with E-state index in [1.165, 1.54) is 6.07 Å². The summed E-state index contributed by atoms with van der Waals surface area (Å²) in [5, 5.41) is 6.51. The molecule has 0 aliphatic carbocycles. The van der Waals surface area contributed by atoms with Crippen LogP contribution in [0.4, 0.5) is 10.1 Å². The SMILES string of the molecule is CN=C(NCc1ccc(F)c(CN(C)C)c1)Nc1cccc(OCCCOC)c1. The van der Waals surface area contributed by atoms with Crippen molar-refractivity contribution < 1.29 is 13.9 Å². The monoisotopic (exact) mass is 402 g/mol. The largest absolute Gasteiger partial charge is 0.493 e. The van der Waals surface area contributed by atoms with Gasteiger partial charge in [-0.1, -0.05) is 12.1 Å². The predicted molar refractivity (Wildman–Crippen MR) is 116 cm³/mol. The fourth-order valence-electron chi connectivity index (χ4n) is 2.76. The molecule has 0 bridgehead atoms. The van der Waals surface area contributed by atoms with E-state index in [0.717, 1.165) is 23.4 Å². The van der Waals surface area contributed by atoms with Gasteiger partial charge in [0.2, 0.25) is 0 Å². The van der Waals surface area contributed by atoms with Crippen LogP contribution in [0.5, 0.6) is 5.75 Å². The lowest BCUT2D eigenvalue weighted by Crippen LogP contribution is -2.30. The number of guanidine groups is 1. The van der Waals surface area contributed by atoms with Gasteiger partial charge in [-0.3, -0.25) is 4.99 Å². The molecule has 0 atom stereocenters. The van der Waals surface area contributed by atoms with Gasteiger partial charge in [-0.05, 0) is 43.9 Å². The first kappa shape index (κ1) is 22.6. The number of anilines is 1. The van der Waals surface area contributed by atoms with Crippen LogP contribution in [0.1, 0.15) is 17.5 Å². The molecule has 2 aromatic carbocycles. The van der Waals surface area contributed by atoms with E-state index in [4.69, 9.17) is 9.47 Å². The number of aliphatic imine (C=N–C) groups is 1. The fraction of sp³-hybridized carbons (Fsp3) is 0.409. The third-order valence-corrected chi connectivity index (χ3v) is 4.14. The number of rotatable bonds is 10. The quantitative estimate of drug-likeness (QED) is 0.362. The van der Waals surface area contributed by atoms with Gasteiger partial charge in [-0.15, -0.1) is 0 Å². The maximum Gasteiger partial charge on any atom is 0.195 e. The molecule has 2 aromatic rings. The number of nitrogens with zero attached hydrogens (tertiary/aromatic N) is 2. The minimum atomic E-state index is -0.188. The lowest BCUT2D eigenvalue weighted by atomic mass is 10.1. The highest BCUT2D eigenvalue weighted by molar-refractivity contribution is 5.93. The molecule has 2 N–H and O–H groups in total. The zero-order valence-electron chi connectivity index (χ0n) is 17.7. The van der Waals surface area contributed by atoms with E-state index in [1.54, 1.807) is 20.2 Å². The number of ether oxygens (including phenoxy) is 2. The molecule has 0 saturated heterocycles. The summed E-state index contributed by atoms with van der Waals surface area (Å²) in [6.45, 7) is 2.37. The van der Waals surface area contributed by atoms with Crippen molar-refractivity contribution in [2.45, 2.75) is 19.5 Å². The van der Waals surface area contributed by atoms with E-state index < -0.39 is 0 Å². The summed E-state index contributed by atoms with van der Waals surface area (Å²) in [5.74, 6) is 1.22. The second-order valence-corrected chi connectivity index (χ2v) is 6.94. The molecular formula is C22H31FN4O2. The Morgan fingerprint density at radius 1 is 1.14 bits per heavy atom. The lowest BCUT2D eigenvalue weighted by Gasteiger charge is -2.15. The zero-order valence-corrected chi connectivity index (χ0v) is 17.7. The number of benzene rings is 2. The van der Waals surface area contributed by atoms with Gasteiger partial charge in [0.15, 0.2) is 5.96 Å². The zero-order chi connectivity index (χ0) is 21.1. The Morgan fingerprint density at radius 3 is 2.69 bits per heavy atom. The highest BCUT2D eigenvalue weighted by Gasteiger charge is 2.06. The normalized spacial score (nSPS) is 11.6. The maximum absolute atomic E-state index is 13.9. The standard InChI is InChI=1S/C22H31FN4O2/c1-24-22(25-15-17-9-10-21(23)18(13-17)16-27(2)3)26-19-7-5-8-20(14-19)29-12-6-11-28-4/h5,7-10,13-14H,6,11-12,15-16H2,1-4H3,(H2,24,25,26). The van der Waals surface area contributed by atoms with E-state index in [1.807, 2.05) is 49.3 Å². The first-order valence-corrected chi connectivity index (χ1v) is 9.63. The topological polar surface area (TPSA) is 58.1 Å². The third kappa shape index (κ3) is 8.09. The summed E-state index contributed by atoms with van der Waals surface area (Å²) < 4.78 is 24.7. The lowest BCUT2D eigenvalue weighted by molar-refractivity contribution is 0.172. The summed E-state index contributed by atoms with van der Waals surface area (Å²) in [4.78, 5) is 6.20. The first-order chi connectivity index (χ1) is 14.0. The number of hydrogen-bond donors (Lipinski definition) is 2. The third-order valence-electron chi connectivity index (χ3n) is 4.14. The van der Waals surface area contributed by atoms with E-state index in [9.17, 15) is 4.39 Å². The van der Waals surface area contributed by atoms with Gasteiger partial charge in [-0.25, -0.2) is 4.39 Å². The molecule has 6 nitrogen and oxygen atoms in total. The molecule has 158 valence electrons. The van der Waals surface area contributed by atoms with Crippen LogP contribution in [0.3, 0.4) is 0 Å². The van der Waals surface area contributed by atoms with Crippen LogP contribution in [-0.4, -0.2) is 52.3 Å². The Labute approximate surface area is 172 Å². The summed E-state index contributed by atoms with van der Waals surface area (Å²) in [7, 11) is 7.23. The van der Waals surface area contributed by atoms with E-state index in [0.29, 0.717) is 37.8 Å². The number of nitrogens with one attached hydrogen (secondary N) is 2. The molecule has 0 heterocycles. The Morgan fingerprint density at radius 2 is 1.97 bits per heavy atom. The van der Waals surface area contributed by atoms with E-state index >= 15 is 0 Å². The van der Waals surface area contributed by atoms with Gasteiger partial charge in [0.05, 0.1) is 6.61 Å². The fourth-order valence-corrected chi connectivity index (χ4v) is 2.76. The van der Waals surface area contributed by atoms with Crippen molar-refractivity contribution in [2.24, 2.45) is 4.99 Å². The van der Waals surface area contributed by atoms with Crippen molar-refractivity contribution in [3.05, 3.63) is 59.4 Å². The Hall–Kier alpha value is -2.64. The maximum atomic E-state index is 13.9. The molecule has 0 unspecified atom stereocenters. The van der Waals surface area contributed by atoms with E-state index in [2.05, 4.69) is 15.6 Å². The Bertz CT molecular complexity index is 796. The minimum Gasteiger partial charge on any atom is -0.493 e. The van der Waals surface area contributed by atoms with Crippen molar-refractivity contribution in [1.29, 1.82) is 0 Å². The van der Waals surface area contributed by atoms with Gasteiger partial charge in [-0.2, -0.15) is 0 Å². The van der Waals surface area contributed by atoms with Crippen LogP contribution < -0.4 is 15.4 Å². The molecule has 0 saturated carbocycles. The van der Waals surface area contributed by atoms with Crippen molar-refractivity contribution in [1.82, 2.24) is 10.2 Å². The average Bonchev–Trinajstić information content (AvgIpc) is 2.70. The van der Waals surface area contributed by atoms with Crippen LogP contribution in [0.25, 0.3) is 0 Å². The summed E-state index contributed by atoms with van der Waals surface area (Å²) in [6.07, 6.45) is 0.838. The summed E-state index contributed by atoms with van der Waals surface area (Å²) in [6, 6.07) is 12.9. The molecule has 29 heavy (non-hydrogen) atoms. The average molecular weight is 403 g/mol. The van der Waals surface area contributed by atoms with Crippen LogP contribution in [0, 0.1) is 5.82 Å². The summed E-state index contributed by atoms with van der Waals surface area (Å²) >= 11 is 0. The highest BCUT2D eigenvalue weighted by Crippen LogP contribution is 2.18. The summed E-state index contributed by atoms with van der Waals surface area (Å²) in [5.41, 5.74) is 2.53. The van der Waals surface area contributed by atoms with Crippen molar-refractivity contribution in [3.63, 3.8) is 0 Å². The van der Waals surface area contributed by atoms with E-state index in [-0.39, 0.29) is 5.82 Å². The highest BCUT2D eigenvalue weighted by atomic mass is 19.1. The van der Waals surface area contributed by atoms with Gasteiger partial charge in [0.1, 0.15) is 11.6 Å². The number of hydrogen-bond acceptors (Lipinski definition) is 4. The molecular weight excluding hydrogens is 371 g/mol. The van der Waals surface area contributed by atoms with Gasteiger partial charge in [0.25, 0.3) is 0 Å². The van der Waals surface area contributed by atoms with Crippen molar-refractivity contribution in [3.8, 4) is 5.75 Å². The minimum absolute atomic E-state index is 0.188. The number of methoxy groups -OCH3 is 1. The smallest absolute Gasteiger partial charge is 0.195 e. The van der Waals surface area contributed by atoms with Crippen LogP contribution in [0.2, 0.25) is 0 Å². The molecule has 0 spiro atoms. The molecule has 0 radical (unpaired) electrons. The Kier molecular flexibility index (Phi) is 9.40. The molecule has 0 aliphatic rings. The van der Waals surface area contributed by atoms with Gasteiger partial charge < -0.3 is 25.0 Å². The molecule has 0 aromatic heterocycles. The second kappa shape index (κ2) is 12.0. The molecule has 0 aliphatic heterocycles. The van der Waals surface area contributed by atoms with Gasteiger partial charge >= 0.3 is 0 Å². The van der Waals surface area contributed by atoms with Crippen molar-refractivity contribution >= 4 is 11.6 Å². The predicted octanol–water partition coefficient (Wildman–Crippen LogP) is 3.49. The first-order valence-electron chi connectivity index (χ1n) is 9.63.